The van der Waals surface area contributed by atoms with Crippen LogP contribution in [0.4, 0.5) is 4.39 Å². The first-order chi connectivity index (χ1) is 7.31. The Hall–Kier alpha value is -2.10. The van der Waals surface area contributed by atoms with Crippen LogP contribution in [0.5, 0.6) is 0 Å². The second kappa shape index (κ2) is 3.96. The van der Waals surface area contributed by atoms with Gasteiger partial charge in [-0.25, -0.2) is 9.37 Å². The molecule has 0 aromatic carbocycles. The van der Waals surface area contributed by atoms with Gasteiger partial charge in [-0.05, 0) is 12.1 Å². The number of hydrogen-bond donors (Lipinski definition) is 0. The van der Waals surface area contributed by atoms with Crippen LogP contribution in [0.2, 0.25) is 0 Å². The van der Waals surface area contributed by atoms with Gasteiger partial charge in [0, 0.05) is 29.7 Å². The minimum absolute atomic E-state index is 0.178. The van der Waals surface area contributed by atoms with Gasteiger partial charge in [-0.3, -0.25) is 9.78 Å². The first kappa shape index (κ1) is 9.45. The summed E-state index contributed by atoms with van der Waals surface area (Å²) in [5, 5.41) is 0. The van der Waals surface area contributed by atoms with Crippen LogP contribution in [0.15, 0.2) is 36.8 Å². The number of carbonyl (C=O) groups excluding carboxylic acids is 1. The van der Waals surface area contributed by atoms with Crippen LogP contribution < -0.4 is 0 Å². The maximum absolute atomic E-state index is 13.2. The molecule has 3 nitrogen and oxygen atoms in total. The Morgan fingerprint density at radius 2 is 2.13 bits per heavy atom. The molecule has 0 aliphatic heterocycles. The number of hydrogen-bond acceptors (Lipinski definition) is 3. The predicted octanol–water partition coefficient (Wildman–Crippen LogP) is 2.10. The summed E-state index contributed by atoms with van der Waals surface area (Å²) in [5.74, 6) is -0.619. The van der Waals surface area contributed by atoms with Crippen molar-refractivity contribution in [1.29, 1.82) is 0 Å². The quantitative estimate of drug-likeness (QED) is 0.700. The van der Waals surface area contributed by atoms with E-state index in [0.717, 1.165) is 5.56 Å². The highest BCUT2D eigenvalue weighted by molar-refractivity contribution is 5.73. The molecule has 4 heteroatoms. The Bertz CT molecular complexity index is 485. The molecule has 0 spiro atoms. The number of aldehydes is 1. The minimum atomic E-state index is -0.619. The van der Waals surface area contributed by atoms with Crippen LogP contribution in [0.1, 0.15) is 10.5 Å². The summed E-state index contributed by atoms with van der Waals surface area (Å²) in [4.78, 5) is 18.0. The average Bonchev–Trinajstić information content (AvgIpc) is 2.30. The first-order valence-electron chi connectivity index (χ1n) is 4.32. The van der Waals surface area contributed by atoms with Crippen molar-refractivity contribution in [2.24, 2.45) is 0 Å². The lowest BCUT2D eigenvalue weighted by Crippen LogP contribution is -1.93. The lowest BCUT2D eigenvalue weighted by atomic mass is 10.1. The van der Waals surface area contributed by atoms with E-state index >= 15 is 0 Å². The SMILES string of the molecule is O=Cc1ncc(-c2cccnc2)cc1F. The summed E-state index contributed by atoms with van der Waals surface area (Å²) in [6.45, 7) is 0. The molecule has 0 bridgehead atoms. The van der Waals surface area contributed by atoms with Gasteiger partial charge < -0.3 is 0 Å². The Balaban J connectivity index is 2.47. The summed E-state index contributed by atoms with van der Waals surface area (Å²) < 4.78 is 13.2. The third-order valence-electron chi connectivity index (χ3n) is 1.98. The van der Waals surface area contributed by atoms with E-state index in [9.17, 15) is 9.18 Å². The van der Waals surface area contributed by atoms with E-state index in [1.807, 2.05) is 0 Å². The molecule has 2 aromatic rings. The molecular formula is C11H7FN2O. The summed E-state index contributed by atoms with van der Waals surface area (Å²) >= 11 is 0. The zero-order valence-electron chi connectivity index (χ0n) is 7.72. The maximum atomic E-state index is 13.2. The van der Waals surface area contributed by atoms with Crippen molar-refractivity contribution in [3.05, 3.63) is 48.3 Å². The summed E-state index contributed by atoms with van der Waals surface area (Å²) in [6.07, 6.45) is 5.08. The van der Waals surface area contributed by atoms with Crippen LogP contribution in [-0.4, -0.2) is 16.3 Å². The monoisotopic (exact) mass is 202 g/mol. The van der Waals surface area contributed by atoms with Gasteiger partial charge in [0.25, 0.3) is 0 Å². The Labute approximate surface area is 85.6 Å². The summed E-state index contributed by atoms with van der Waals surface area (Å²) in [7, 11) is 0. The molecule has 0 fully saturated rings. The standard InChI is InChI=1S/C11H7FN2O/c12-10-4-9(6-14-11(10)7-15)8-2-1-3-13-5-8/h1-7H. The molecule has 0 aliphatic rings. The molecule has 0 radical (unpaired) electrons. The molecule has 0 unspecified atom stereocenters. The predicted molar refractivity (Wildman–Crippen MR) is 52.8 cm³/mol. The fourth-order valence-electron chi connectivity index (χ4n) is 1.23. The van der Waals surface area contributed by atoms with Gasteiger partial charge in [0.2, 0.25) is 0 Å². The van der Waals surface area contributed by atoms with Gasteiger partial charge in [0.1, 0.15) is 5.69 Å². The van der Waals surface area contributed by atoms with Crippen molar-refractivity contribution in [2.75, 3.05) is 0 Å². The highest BCUT2D eigenvalue weighted by atomic mass is 19.1. The number of pyridine rings is 2. The lowest BCUT2D eigenvalue weighted by molar-refractivity contribution is 0.111. The molecule has 0 N–H and O–H groups in total. The largest absolute Gasteiger partial charge is 0.296 e. The highest BCUT2D eigenvalue weighted by Gasteiger charge is 2.05. The number of rotatable bonds is 2. The van der Waals surface area contributed by atoms with Crippen LogP contribution in [0.25, 0.3) is 11.1 Å². The van der Waals surface area contributed by atoms with Crippen molar-refractivity contribution in [1.82, 2.24) is 9.97 Å². The normalized spacial score (nSPS) is 9.93. The highest BCUT2D eigenvalue weighted by Crippen LogP contribution is 2.18. The molecular weight excluding hydrogens is 195 g/mol. The van der Waals surface area contributed by atoms with E-state index in [4.69, 9.17) is 0 Å². The van der Waals surface area contributed by atoms with Gasteiger partial charge in [-0.1, -0.05) is 6.07 Å². The van der Waals surface area contributed by atoms with Crippen molar-refractivity contribution >= 4 is 6.29 Å². The van der Waals surface area contributed by atoms with Gasteiger partial charge in [0.05, 0.1) is 0 Å². The smallest absolute Gasteiger partial charge is 0.171 e. The molecule has 2 aromatic heterocycles. The molecule has 0 atom stereocenters. The number of nitrogens with zero attached hydrogens (tertiary/aromatic N) is 2. The van der Waals surface area contributed by atoms with Gasteiger partial charge in [-0.2, -0.15) is 0 Å². The molecule has 0 saturated heterocycles. The molecule has 2 heterocycles. The topological polar surface area (TPSA) is 42.9 Å². The summed E-state index contributed by atoms with van der Waals surface area (Å²) in [6, 6.07) is 4.82. The fraction of sp³-hybridized carbons (Fsp3) is 0. The fourth-order valence-corrected chi connectivity index (χ4v) is 1.23. The van der Waals surface area contributed by atoms with Crippen molar-refractivity contribution in [3.63, 3.8) is 0 Å². The van der Waals surface area contributed by atoms with Gasteiger partial charge in [-0.15, -0.1) is 0 Å². The maximum Gasteiger partial charge on any atom is 0.171 e. The molecule has 2 rings (SSSR count). The van der Waals surface area contributed by atoms with Crippen LogP contribution in [0.3, 0.4) is 0 Å². The molecule has 15 heavy (non-hydrogen) atoms. The van der Waals surface area contributed by atoms with E-state index < -0.39 is 5.82 Å². The number of aromatic nitrogens is 2. The Morgan fingerprint density at radius 3 is 2.73 bits per heavy atom. The number of carbonyl (C=O) groups is 1. The van der Waals surface area contributed by atoms with Crippen molar-refractivity contribution in [3.8, 4) is 11.1 Å². The van der Waals surface area contributed by atoms with Crippen molar-refractivity contribution in [2.45, 2.75) is 0 Å². The lowest BCUT2D eigenvalue weighted by Gasteiger charge is -2.00. The van der Waals surface area contributed by atoms with E-state index in [-0.39, 0.29) is 5.69 Å². The first-order valence-corrected chi connectivity index (χ1v) is 4.32. The van der Waals surface area contributed by atoms with Crippen LogP contribution in [0, 0.1) is 5.82 Å². The van der Waals surface area contributed by atoms with E-state index in [2.05, 4.69) is 9.97 Å². The van der Waals surface area contributed by atoms with Crippen molar-refractivity contribution < 1.29 is 9.18 Å². The summed E-state index contributed by atoms with van der Waals surface area (Å²) in [5.41, 5.74) is 1.19. The molecule has 74 valence electrons. The van der Waals surface area contributed by atoms with E-state index in [1.165, 1.54) is 12.3 Å². The number of halogens is 1. The van der Waals surface area contributed by atoms with E-state index in [1.54, 1.807) is 24.5 Å². The second-order valence-corrected chi connectivity index (χ2v) is 2.95. The van der Waals surface area contributed by atoms with Gasteiger partial charge >= 0.3 is 0 Å². The van der Waals surface area contributed by atoms with Gasteiger partial charge in [0.15, 0.2) is 12.1 Å². The second-order valence-electron chi connectivity index (χ2n) is 2.95. The minimum Gasteiger partial charge on any atom is -0.296 e. The van der Waals surface area contributed by atoms with E-state index in [0.29, 0.717) is 11.8 Å². The molecule has 0 amide bonds. The third-order valence-corrected chi connectivity index (χ3v) is 1.98. The average molecular weight is 202 g/mol. The van der Waals surface area contributed by atoms with Crippen LogP contribution >= 0.6 is 0 Å². The molecule has 0 aliphatic carbocycles. The Morgan fingerprint density at radius 1 is 1.27 bits per heavy atom. The Kier molecular flexibility index (Phi) is 2.49. The zero-order valence-corrected chi connectivity index (χ0v) is 7.72. The van der Waals surface area contributed by atoms with Crippen LogP contribution in [-0.2, 0) is 0 Å². The zero-order chi connectivity index (χ0) is 10.7. The molecule has 0 saturated carbocycles. The third kappa shape index (κ3) is 1.88.